The third kappa shape index (κ3) is 2.15. The summed E-state index contributed by atoms with van der Waals surface area (Å²) >= 11 is 0. The number of hydrogen-bond acceptors (Lipinski definition) is 1. The van der Waals surface area contributed by atoms with Gasteiger partial charge in [-0.05, 0) is 17.2 Å². The maximum Gasteiger partial charge on any atom is 0.230 e. The van der Waals surface area contributed by atoms with Crippen LogP contribution in [0.25, 0.3) is 5.57 Å². The zero-order valence-corrected chi connectivity index (χ0v) is 8.68. The van der Waals surface area contributed by atoms with Crippen molar-refractivity contribution in [3.8, 4) is 0 Å². The molecule has 0 atom stereocenters. The molecule has 2 heteroatoms. The first-order chi connectivity index (χ1) is 7.27. The maximum atomic E-state index is 11.6. The fourth-order valence-electron chi connectivity index (χ4n) is 1.57. The van der Waals surface area contributed by atoms with E-state index in [9.17, 15) is 4.79 Å². The largest absolute Gasteiger partial charge is 0.322 e. The standard InChI is InChI=1S/C13H13NO/c1-14-9-5-8-12(10-13(14)15)11-6-3-2-4-7-11/h2-9H,10H2,1H3. The molecule has 1 heterocycles. The number of carbonyl (C=O) groups excluding carboxylic acids is 1. The van der Waals surface area contributed by atoms with Crippen LogP contribution in [0.2, 0.25) is 0 Å². The predicted octanol–water partition coefficient (Wildman–Crippen LogP) is 2.45. The molecule has 0 spiro atoms. The number of amides is 1. The zero-order chi connectivity index (χ0) is 10.7. The lowest BCUT2D eigenvalue weighted by atomic mass is 10.0. The van der Waals surface area contributed by atoms with Crippen molar-refractivity contribution in [1.82, 2.24) is 4.90 Å². The molecule has 0 bridgehead atoms. The van der Waals surface area contributed by atoms with Gasteiger partial charge in [-0.25, -0.2) is 0 Å². The van der Waals surface area contributed by atoms with Gasteiger partial charge in [0.1, 0.15) is 0 Å². The number of carbonyl (C=O) groups is 1. The van der Waals surface area contributed by atoms with Gasteiger partial charge in [0.05, 0.1) is 6.42 Å². The fraction of sp³-hybridized carbons (Fsp3) is 0.154. The van der Waals surface area contributed by atoms with E-state index in [1.165, 1.54) is 0 Å². The molecule has 1 aliphatic heterocycles. The Kier molecular flexibility index (Phi) is 2.68. The van der Waals surface area contributed by atoms with Gasteiger partial charge in [0, 0.05) is 13.2 Å². The van der Waals surface area contributed by atoms with Crippen molar-refractivity contribution in [2.75, 3.05) is 7.05 Å². The van der Waals surface area contributed by atoms with Crippen LogP contribution in [0.5, 0.6) is 0 Å². The highest BCUT2D eigenvalue weighted by molar-refractivity contribution is 5.90. The van der Waals surface area contributed by atoms with E-state index in [1.807, 2.05) is 42.5 Å². The Morgan fingerprint density at radius 1 is 1.20 bits per heavy atom. The Morgan fingerprint density at radius 2 is 1.93 bits per heavy atom. The van der Waals surface area contributed by atoms with Crippen LogP contribution in [0, 0.1) is 0 Å². The molecule has 1 amide bonds. The summed E-state index contributed by atoms with van der Waals surface area (Å²) < 4.78 is 0. The van der Waals surface area contributed by atoms with Gasteiger partial charge in [0.25, 0.3) is 0 Å². The molecule has 1 aromatic carbocycles. The second-order valence-corrected chi connectivity index (χ2v) is 3.58. The molecule has 76 valence electrons. The SMILES string of the molecule is CN1C=CC=C(c2ccccc2)CC1=O. The Morgan fingerprint density at radius 3 is 2.67 bits per heavy atom. The van der Waals surface area contributed by atoms with Crippen LogP contribution in [0.15, 0.2) is 48.7 Å². The summed E-state index contributed by atoms with van der Waals surface area (Å²) in [5.74, 6) is 0.124. The molecule has 1 aliphatic rings. The van der Waals surface area contributed by atoms with E-state index in [-0.39, 0.29) is 5.91 Å². The molecule has 0 unspecified atom stereocenters. The Bertz CT molecular complexity index is 417. The average molecular weight is 199 g/mol. The molecular formula is C13H13NO. The summed E-state index contributed by atoms with van der Waals surface area (Å²) in [6.45, 7) is 0. The normalized spacial score (nSPS) is 16.2. The predicted molar refractivity (Wildman–Crippen MR) is 60.9 cm³/mol. The average Bonchev–Trinajstić information content (AvgIpc) is 2.43. The van der Waals surface area contributed by atoms with Gasteiger partial charge in [0.2, 0.25) is 5.91 Å². The first-order valence-electron chi connectivity index (χ1n) is 4.96. The molecule has 1 aromatic rings. The first kappa shape index (κ1) is 9.71. The topological polar surface area (TPSA) is 20.3 Å². The Balaban J connectivity index is 2.29. The smallest absolute Gasteiger partial charge is 0.230 e. The van der Waals surface area contributed by atoms with Crippen molar-refractivity contribution in [1.29, 1.82) is 0 Å². The van der Waals surface area contributed by atoms with Crippen LogP contribution in [0.4, 0.5) is 0 Å². The van der Waals surface area contributed by atoms with Crippen LogP contribution in [-0.4, -0.2) is 17.9 Å². The molecular weight excluding hydrogens is 186 g/mol. The lowest BCUT2D eigenvalue weighted by Gasteiger charge is -2.10. The van der Waals surface area contributed by atoms with Crippen molar-refractivity contribution in [3.63, 3.8) is 0 Å². The second kappa shape index (κ2) is 4.13. The number of hydrogen-bond donors (Lipinski definition) is 0. The van der Waals surface area contributed by atoms with Gasteiger partial charge in [0.15, 0.2) is 0 Å². The quantitative estimate of drug-likeness (QED) is 0.680. The maximum absolute atomic E-state index is 11.6. The fourth-order valence-corrected chi connectivity index (χ4v) is 1.57. The minimum atomic E-state index is 0.124. The van der Waals surface area contributed by atoms with Gasteiger partial charge in [-0.2, -0.15) is 0 Å². The molecule has 0 saturated heterocycles. The highest BCUT2D eigenvalue weighted by atomic mass is 16.2. The molecule has 0 aromatic heterocycles. The highest BCUT2D eigenvalue weighted by Crippen LogP contribution is 2.20. The number of allylic oxidation sites excluding steroid dienone is 2. The van der Waals surface area contributed by atoms with Crippen LogP contribution in [0.1, 0.15) is 12.0 Å². The number of nitrogens with zero attached hydrogens (tertiary/aromatic N) is 1. The van der Waals surface area contributed by atoms with Crippen LogP contribution in [-0.2, 0) is 4.79 Å². The van der Waals surface area contributed by atoms with Gasteiger partial charge < -0.3 is 4.90 Å². The number of rotatable bonds is 1. The van der Waals surface area contributed by atoms with E-state index in [4.69, 9.17) is 0 Å². The third-order valence-corrected chi connectivity index (χ3v) is 2.49. The van der Waals surface area contributed by atoms with Crippen molar-refractivity contribution in [2.24, 2.45) is 0 Å². The van der Waals surface area contributed by atoms with E-state index in [0.717, 1.165) is 11.1 Å². The van der Waals surface area contributed by atoms with Crippen molar-refractivity contribution in [3.05, 3.63) is 54.2 Å². The van der Waals surface area contributed by atoms with Gasteiger partial charge in [-0.15, -0.1) is 0 Å². The minimum Gasteiger partial charge on any atom is -0.322 e. The lowest BCUT2D eigenvalue weighted by molar-refractivity contribution is -0.126. The van der Waals surface area contributed by atoms with Gasteiger partial charge in [-0.3, -0.25) is 4.79 Å². The van der Waals surface area contributed by atoms with Crippen LogP contribution < -0.4 is 0 Å². The van der Waals surface area contributed by atoms with E-state index < -0.39 is 0 Å². The van der Waals surface area contributed by atoms with Gasteiger partial charge >= 0.3 is 0 Å². The Hall–Kier alpha value is -1.83. The van der Waals surface area contributed by atoms with E-state index in [2.05, 4.69) is 0 Å². The van der Waals surface area contributed by atoms with E-state index in [0.29, 0.717) is 6.42 Å². The van der Waals surface area contributed by atoms with Crippen molar-refractivity contribution >= 4 is 11.5 Å². The summed E-state index contributed by atoms with van der Waals surface area (Å²) in [6.07, 6.45) is 6.16. The summed E-state index contributed by atoms with van der Waals surface area (Å²) in [7, 11) is 1.78. The first-order valence-corrected chi connectivity index (χ1v) is 4.96. The summed E-state index contributed by atoms with van der Waals surface area (Å²) in [4.78, 5) is 13.2. The third-order valence-electron chi connectivity index (χ3n) is 2.49. The molecule has 0 aliphatic carbocycles. The highest BCUT2D eigenvalue weighted by Gasteiger charge is 2.12. The Labute approximate surface area is 89.5 Å². The van der Waals surface area contributed by atoms with Gasteiger partial charge in [-0.1, -0.05) is 36.4 Å². The lowest BCUT2D eigenvalue weighted by Crippen LogP contribution is -2.19. The summed E-state index contributed by atoms with van der Waals surface area (Å²) in [6, 6.07) is 10.00. The van der Waals surface area contributed by atoms with Crippen molar-refractivity contribution in [2.45, 2.75) is 6.42 Å². The van der Waals surface area contributed by atoms with Crippen LogP contribution in [0.3, 0.4) is 0 Å². The van der Waals surface area contributed by atoms with E-state index in [1.54, 1.807) is 18.1 Å². The van der Waals surface area contributed by atoms with E-state index >= 15 is 0 Å². The molecule has 0 saturated carbocycles. The monoisotopic (exact) mass is 199 g/mol. The molecule has 2 nitrogen and oxygen atoms in total. The van der Waals surface area contributed by atoms with Crippen molar-refractivity contribution < 1.29 is 4.79 Å². The van der Waals surface area contributed by atoms with Crippen LogP contribution >= 0.6 is 0 Å². The molecule has 0 radical (unpaired) electrons. The number of benzene rings is 1. The summed E-state index contributed by atoms with van der Waals surface area (Å²) in [5.41, 5.74) is 2.19. The summed E-state index contributed by atoms with van der Waals surface area (Å²) in [5, 5.41) is 0. The second-order valence-electron chi connectivity index (χ2n) is 3.58. The molecule has 0 N–H and O–H groups in total. The molecule has 15 heavy (non-hydrogen) atoms. The minimum absolute atomic E-state index is 0.124. The zero-order valence-electron chi connectivity index (χ0n) is 8.68. The molecule has 2 rings (SSSR count). The molecule has 0 fully saturated rings.